The summed E-state index contributed by atoms with van der Waals surface area (Å²) in [7, 11) is 0. The first-order chi connectivity index (χ1) is 15.0. The van der Waals surface area contributed by atoms with Crippen LogP contribution in [0.2, 0.25) is 0 Å². The van der Waals surface area contributed by atoms with E-state index in [2.05, 4.69) is 9.88 Å². The van der Waals surface area contributed by atoms with Crippen LogP contribution in [-0.4, -0.2) is 60.1 Å². The highest BCUT2D eigenvalue weighted by Gasteiger charge is 2.27. The monoisotopic (exact) mass is 482 g/mol. The van der Waals surface area contributed by atoms with E-state index in [-0.39, 0.29) is 18.2 Å². The number of ether oxygens (including phenoxy) is 2. The number of benzene rings is 1. The van der Waals surface area contributed by atoms with Gasteiger partial charge < -0.3 is 18.8 Å². The summed E-state index contributed by atoms with van der Waals surface area (Å²) >= 11 is 1.35. The third kappa shape index (κ3) is 4.79. The molecule has 0 atom stereocenters. The van der Waals surface area contributed by atoms with Gasteiger partial charge in [0.25, 0.3) is 5.91 Å². The molecule has 172 valence electrons. The molecule has 1 aromatic carbocycles. The topological polar surface area (TPSA) is 111 Å². The second-order valence-corrected chi connectivity index (χ2v) is 7.85. The third-order valence-corrected chi connectivity index (χ3v) is 6.08. The number of halogens is 1. The summed E-state index contributed by atoms with van der Waals surface area (Å²) in [6.45, 7) is 7.72. The van der Waals surface area contributed by atoms with Crippen LogP contribution in [0, 0.1) is 10.1 Å². The molecule has 32 heavy (non-hydrogen) atoms. The normalized spacial score (nSPS) is 12.6. The Morgan fingerprint density at radius 1 is 1.16 bits per heavy atom. The average molecular weight is 483 g/mol. The second kappa shape index (κ2) is 10.2. The summed E-state index contributed by atoms with van der Waals surface area (Å²) in [6.07, 6.45) is 0. The summed E-state index contributed by atoms with van der Waals surface area (Å²) in [5, 5.41) is 11.4. The van der Waals surface area contributed by atoms with Gasteiger partial charge in [0.05, 0.1) is 16.3 Å². The lowest BCUT2D eigenvalue weighted by Gasteiger charge is -2.23. The van der Waals surface area contributed by atoms with Crippen LogP contribution in [0.1, 0.15) is 24.4 Å². The van der Waals surface area contributed by atoms with Crippen molar-refractivity contribution in [3.05, 3.63) is 40.1 Å². The van der Waals surface area contributed by atoms with Gasteiger partial charge in [0, 0.05) is 25.2 Å². The molecule has 1 aliphatic heterocycles. The van der Waals surface area contributed by atoms with Crippen molar-refractivity contribution in [1.82, 2.24) is 9.88 Å². The number of likely N-dealkylation sites (N-methyl/N-ethyl adjacent to an activating group) is 1. The Kier molecular flexibility index (Phi) is 7.54. The maximum Gasteiger partial charge on any atom is 0.433 e. The molecule has 0 unspecified atom stereocenters. The maximum absolute atomic E-state index is 13.2. The molecule has 1 aliphatic rings. The molecular formula is C20H23ClN4O6S. The summed E-state index contributed by atoms with van der Waals surface area (Å²) in [6, 6.07) is 6.15. The molecule has 0 N–H and O–H groups in total. The van der Waals surface area contributed by atoms with Gasteiger partial charge in [0.15, 0.2) is 22.4 Å². The molecule has 3 heterocycles. The van der Waals surface area contributed by atoms with Crippen molar-refractivity contribution in [1.29, 1.82) is 0 Å². The van der Waals surface area contributed by atoms with E-state index in [0.29, 0.717) is 48.5 Å². The molecule has 3 aromatic rings. The van der Waals surface area contributed by atoms with Gasteiger partial charge in [-0.05, 0) is 19.2 Å². The number of carbonyl (C=O) groups excluding carboxylic acids is 1. The van der Waals surface area contributed by atoms with Crippen LogP contribution < -0.4 is 14.4 Å². The summed E-state index contributed by atoms with van der Waals surface area (Å²) in [5.41, 5.74) is 0.690. The van der Waals surface area contributed by atoms with Crippen LogP contribution in [0.3, 0.4) is 0 Å². The van der Waals surface area contributed by atoms with E-state index in [0.717, 1.165) is 17.8 Å². The lowest BCUT2D eigenvalue weighted by molar-refractivity contribution is -0.402. The molecule has 0 radical (unpaired) electrons. The number of amides is 1. The van der Waals surface area contributed by atoms with E-state index >= 15 is 0 Å². The van der Waals surface area contributed by atoms with E-state index in [4.69, 9.17) is 13.9 Å². The Hall–Kier alpha value is -2.89. The predicted molar refractivity (Wildman–Crippen MR) is 123 cm³/mol. The average Bonchev–Trinajstić information content (AvgIpc) is 3.42. The fraction of sp³-hybridized carbons (Fsp3) is 0.400. The summed E-state index contributed by atoms with van der Waals surface area (Å²) < 4.78 is 17.3. The Morgan fingerprint density at radius 2 is 1.84 bits per heavy atom. The minimum atomic E-state index is -0.667. The van der Waals surface area contributed by atoms with Crippen molar-refractivity contribution in [3.8, 4) is 11.5 Å². The highest BCUT2D eigenvalue weighted by atomic mass is 35.5. The van der Waals surface area contributed by atoms with Crippen LogP contribution in [0.25, 0.3) is 10.2 Å². The molecular weight excluding hydrogens is 460 g/mol. The molecule has 0 spiro atoms. The fourth-order valence-corrected chi connectivity index (χ4v) is 4.31. The number of thiazole rings is 1. The largest absolute Gasteiger partial charge is 0.486 e. The molecule has 4 rings (SSSR count). The molecule has 2 aromatic heterocycles. The van der Waals surface area contributed by atoms with Crippen LogP contribution in [0.15, 0.2) is 28.7 Å². The van der Waals surface area contributed by atoms with Crippen molar-refractivity contribution in [3.63, 3.8) is 0 Å². The number of aromatic nitrogens is 1. The molecule has 12 heteroatoms. The van der Waals surface area contributed by atoms with Crippen molar-refractivity contribution in [2.45, 2.75) is 13.8 Å². The number of rotatable bonds is 8. The highest BCUT2D eigenvalue weighted by molar-refractivity contribution is 7.22. The molecule has 0 saturated heterocycles. The van der Waals surface area contributed by atoms with Gasteiger partial charge in [-0.15, -0.1) is 12.4 Å². The number of fused-ring (bicyclic) bond motifs is 2. The van der Waals surface area contributed by atoms with Crippen molar-refractivity contribution in [2.75, 3.05) is 44.3 Å². The molecule has 10 nitrogen and oxygen atoms in total. The fourth-order valence-electron chi connectivity index (χ4n) is 3.31. The molecule has 1 amide bonds. The predicted octanol–water partition coefficient (Wildman–Crippen LogP) is 3.98. The zero-order chi connectivity index (χ0) is 22.0. The van der Waals surface area contributed by atoms with Gasteiger partial charge in [-0.25, -0.2) is 4.98 Å². The van der Waals surface area contributed by atoms with Crippen LogP contribution in [0.4, 0.5) is 11.0 Å². The van der Waals surface area contributed by atoms with E-state index in [1.54, 1.807) is 6.07 Å². The van der Waals surface area contributed by atoms with E-state index in [1.165, 1.54) is 28.4 Å². The SMILES string of the molecule is CCN(CC)CCN(C(=O)c1ccc([N+](=O)[O-])o1)c1nc2cc3c(cc2s1)OCCO3.Cl. The quantitative estimate of drug-likeness (QED) is 0.350. The Labute approximate surface area is 194 Å². The van der Waals surface area contributed by atoms with E-state index < -0.39 is 16.7 Å². The third-order valence-electron chi connectivity index (χ3n) is 5.03. The van der Waals surface area contributed by atoms with Crippen molar-refractivity contribution in [2.24, 2.45) is 0 Å². The first-order valence-corrected chi connectivity index (χ1v) is 10.8. The number of hydrogen-bond acceptors (Lipinski definition) is 9. The number of hydrogen-bond donors (Lipinski definition) is 0. The Bertz CT molecular complexity index is 1070. The number of nitro groups is 1. The van der Waals surface area contributed by atoms with Crippen LogP contribution in [-0.2, 0) is 0 Å². The summed E-state index contributed by atoms with van der Waals surface area (Å²) in [4.78, 5) is 31.8. The van der Waals surface area contributed by atoms with Gasteiger partial charge >= 0.3 is 5.88 Å². The van der Waals surface area contributed by atoms with E-state index in [9.17, 15) is 14.9 Å². The number of furan rings is 1. The van der Waals surface area contributed by atoms with Crippen LogP contribution >= 0.6 is 23.7 Å². The smallest absolute Gasteiger partial charge is 0.433 e. The lowest BCUT2D eigenvalue weighted by atomic mass is 10.3. The highest BCUT2D eigenvalue weighted by Crippen LogP contribution is 2.39. The van der Waals surface area contributed by atoms with E-state index in [1.807, 2.05) is 19.9 Å². The minimum Gasteiger partial charge on any atom is -0.486 e. The Balaban J connectivity index is 0.00000289. The molecule has 0 aliphatic carbocycles. The van der Waals surface area contributed by atoms with Crippen molar-refractivity contribution < 1.29 is 23.6 Å². The molecule has 0 saturated carbocycles. The van der Waals surface area contributed by atoms with Gasteiger partial charge in [-0.1, -0.05) is 25.2 Å². The van der Waals surface area contributed by atoms with Gasteiger partial charge in [0.2, 0.25) is 0 Å². The number of nitrogens with zero attached hydrogens (tertiary/aromatic N) is 4. The lowest BCUT2D eigenvalue weighted by Crippen LogP contribution is -2.38. The maximum atomic E-state index is 13.2. The number of carbonyl (C=O) groups is 1. The molecule has 0 fully saturated rings. The minimum absolute atomic E-state index is 0. The standard InChI is InChI=1S/C20H22N4O6S.ClH/c1-3-22(4-2)7-8-23(19(25)14-5-6-18(30-14)24(26)27)20-21-13-11-15-16(12-17(13)31-20)29-10-9-28-15;/h5-6,11-12H,3-4,7-10H2,1-2H3;1H. The zero-order valence-corrected chi connectivity index (χ0v) is 19.2. The van der Waals surface area contributed by atoms with Gasteiger partial charge in [-0.3, -0.25) is 19.8 Å². The van der Waals surface area contributed by atoms with Gasteiger partial charge in [0.1, 0.15) is 18.1 Å². The summed E-state index contributed by atoms with van der Waals surface area (Å²) in [5.74, 6) is 0.223. The van der Waals surface area contributed by atoms with Crippen LogP contribution in [0.5, 0.6) is 11.5 Å². The molecule has 0 bridgehead atoms. The number of anilines is 1. The Morgan fingerprint density at radius 3 is 2.47 bits per heavy atom. The first-order valence-electron chi connectivity index (χ1n) is 9.98. The second-order valence-electron chi connectivity index (χ2n) is 6.84. The zero-order valence-electron chi connectivity index (χ0n) is 17.6. The first kappa shape index (κ1) is 23.8. The van der Waals surface area contributed by atoms with Gasteiger partial charge in [-0.2, -0.15) is 0 Å². The van der Waals surface area contributed by atoms with Crippen molar-refractivity contribution >= 4 is 50.9 Å².